The van der Waals surface area contributed by atoms with Crippen LogP contribution >= 0.6 is 43.5 Å². The van der Waals surface area contributed by atoms with Crippen LogP contribution in [0.2, 0.25) is 5.02 Å². The zero-order valence-corrected chi connectivity index (χ0v) is 19.8. The van der Waals surface area contributed by atoms with E-state index in [1.807, 2.05) is 0 Å². The molecule has 32 heavy (non-hydrogen) atoms. The van der Waals surface area contributed by atoms with Crippen molar-refractivity contribution >= 4 is 61.0 Å². The van der Waals surface area contributed by atoms with Gasteiger partial charge in [-0.05, 0) is 54.1 Å². The fraction of sp³-hybridized carbons (Fsp3) is 0.0909. The third-order valence-corrected chi connectivity index (χ3v) is 6.21. The second kappa shape index (κ2) is 8.53. The van der Waals surface area contributed by atoms with E-state index in [1.165, 1.54) is 6.07 Å². The van der Waals surface area contributed by atoms with E-state index in [0.29, 0.717) is 27.4 Å². The molecule has 0 aliphatic carbocycles. The Bertz CT molecular complexity index is 1260. The van der Waals surface area contributed by atoms with Crippen molar-refractivity contribution in [3.63, 3.8) is 0 Å². The number of nitrogens with one attached hydrogen (secondary N) is 2. The highest BCUT2D eigenvalue weighted by atomic mass is 79.9. The summed E-state index contributed by atoms with van der Waals surface area (Å²) in [5.74, 6) is -1.09. The van der Waals surface area contributed by atoms with E-state index in [2.05, 4.69) is 42.5 Å². The molecule has 0 spiro atoms. The van der Waals surface area contributed by atoms with Gasteiger partial charge in [0.2, 0.25) is 0 Å². The van der Waals surface area contributed by atoms with Crippen molar-refractivity contribution in [3.8, 4) is 0 Å². The van der Waals surface area contributed by atoms with Crippen LogP contribution in [0.5, 0.6) is 0 Å². The molecule has 0 saturated carbocycles. The largest absolute Gasteiger partial charge is 0.416 e. The van der Waals surface area contributed by atoms with Gasteiger partial charge >= 0.3 is 6.18 Å². The molecular weight excluding hydrogens is 577 g/mol. The number of anilines is 1. The fourth-order valence-electron chi connectivity index (χ4n) is 3.51. The summed E-state index contributed by atoms with van der Waals surface area (Å²) < 4.78 is 40.3. The highest BCUT2D eigenvalue weighted by Gasteiger charge is 2.34. The number of carbonyl (C=O) groups excluding carboxylic acids is 2. The van der Waals surface area contributed by atoms with Crippen LogP contribution < -0.4 is 10.6 Å². The maximum absolute atomic E-state index is 13.2. The highest BCUT2D eigenvalue weighted by molar-refractivity contribution is 9.10. The Labute approximate surface area is 202 Å². The molecule has 3 aromatic carbocycles. The average Bonchev–Trinajstić information content (AvgIpc) is 3.06. The van der Waals surface area contributed by atoms with Gasteiger partial charge in [0.25, 0.3) is 11.8 Å². The van der Waals surface area contributed by atoms with Crippen molar-refractivity contribution in [1.82, 2.24) is 5.32 Å². The SMILES string of the molecule is O=C(Nc1cccc2c1C(c1cc(Br)ccc1Cl)NC2=O)c1cc(Br)cc(C(F)(F)F)c1. The van der Waals surface area contributed by atoms with E-state index in [1.54, 1.807) is 36.4 Å². The Morgan fingerprint density at radius 3 is 2.50 bits per heavy atom. The maximum atomic E-state index is 13.2. The predicted molar refractivity (Wildman–Crippen MR) is 122 cm³/mol. The third-order valence-electron chi connectivity index (χ3n) is 4.92. The average molecular weight is 589 g/mol. The lowest BCUT2D eigenvalue weighted by atomic mass is 9.96. The number of alkyl halides is 3. The van der Waals surface area contributed by atoms with Crippen LogP contribution in [0.15, 0.2) is 63.5 Å². The van der Waals surface area contributed by atoms with Crippen molar-refractivity contribution in [2.45, 2.75) is 12.2 Å². The number of halogens is 6. The van der Waals surface area contributed by atoms with E-state index in [9.17, 15) is 22.8 Å². The Hall–Kier alpha value is -2.36. The van der Waals surface area contributed by atoms with E-state index < -0.39 is 23.7 Å². The Morgan fingerprint density at radius 2 is 1.78 bits per heavy atom. The van der Waals surface area contributed by atoms with Crippen LogP contribution in [-0.4, -0.2) is 11.8 Å². The molecule has 4 rings (SSSR count). The first kappa shape index (κ1) is 22.8. The Kier molecular flexibility index (Phi) is 6.08. The molecule has 3 aromatic rings. The number of fused-ring (bicyclic) bond motifs is 1. The number of benzene rings is 3. The molecule has 2 N–H and O–H groups in total. The monoisotopic (exact) mass is 586 g/mol. The van der Waals surface area contributed by atoms with Crippen LogP contribution in [0.1, 0.15) is 43.4 Å². The van der Waals surface area contributed by atoms with Gasteiger partial charge in [-0.1, -0.05) is 49.5 Å². The van der Waals surface area contributed by atoms with Gasteiger partial charge in [-0.25, -0.2) is 0 Å². The minimum Gasteiger partial charge on any atom is -0.341 e. The number of carbonyl (C=O) groups is 2. The molecule has 0 aromatic heterocycles. The maximum Gasteiger partial charge on any atom is 0.416 e. The molecule has 0 radical (unpaired) electrons. The molecule has 1 heterocycles. The number of rotatable bonds is 3. The van der Waals surface area contributed by atoms with Gasteiger partial charge in [0, 0.05) is 36.3 Å². The second-order valence-electron chi connectivity index (χ2n) is 7.02. The molecule has 1 unspecified atom stereocenters. The molecule has 0 bridgehead atoms. The van der Waals surface area contributed by atoms with Crippen LogP contribution in [0.3, 0.4) is 0 Å². The fourth-order valence-corrected chi connectivity index (χ4v) is 4.61. The molecule has 2 amide bonds. The molecule has 1 aliphatic rings. The number of amides is 2. The van der Waals surface area contributed by atoms with E-state index >= 15 is 0 Å². The summed E-state index contributed by atoms with van der Waals surface area (Å²) >= 11 is 12.7. The van der Waals surface area contributed by atoms with Gasteiger partial charge in [-0.3, -0.25) is 9.59 Å². The summed E-state index contributed by atoms with van der Waals surface area (Å²) in [7, 11) is 0. The number of hydrogen-bond acceptors (Lipinski definition) is 2. The third kappa shape index (κ3) is 4.42. The van der Waals surface area contributed by atoms with Crippen molar-refractivity contribution in [1.29, 1.82) is 0 Å². The second-order valence-corrected chi connectivity index (χ2v) is 9.26. The van der Waals surface area contributed by atoms with Gasteiger partial charge in [0.1, 0.15) is 0 Å². The molecule has 10 heteroatoms. The van der Waals surface area contributed by atoms with Gasteiger partial charge in [-0.2, -0.15) is 13.2 Å². The van der Waals surface area contributed by atoms with Crippen LogP contribution in [-0.2, 0) is 6.18 Å². The minimum absolute atomic E-state index is 0.117. The quantitative estimate of drug-likeness (QED) is 0.347. The normalized spacial score (nSPS) is 15.3. The Balaban J connectivity index is 1.75. The molecule has 1 atom stereocenters. The minimum atomic E-state index is -4.61. The van der Waals surface area contributed by atoms with Gasteiger partial charge in [-0.15, -0.1) is 0 Å². The molecule has 4 nitrogen and oxygen atoms in total. The van der Waals surface area contributed by atoms with E-state index in [-0.39, 0.29) is 15.9 Å². The molecule has 164 valence electrons. The van der Waals surface area contributed by atoms with E-state index in [4.69, 9.17) is 11.6 Å². The van der Waals surface area contributed by atoms with Crippen LogP contribution in [0.25, 0.3) is 0 Å². The first-order chi connectivity index (χ1) is 15.0. The van der Waals surface area contributed by atoms with Gasteiger partial charge in [0.15, 0.2) is 0 Å². The van der Waals surface area contributed by atoms with Crippen molar-refractivity contribution in [2.75, 3.05) is 5.32 Å². The van der Waals surface area contributed by atoms with Crippen molar-refractivity contribution in [2.24, 2.45) is 0 Å². The lowest BCUT2D eigenvalue weighted by Crippen LogP contribution is -2.21. The summed E-state index contributed by atoms with van der Waals surface area (Å²) in [5.41, 5.74) is 0.590. The zero-order chi connectivity index (χ0) is 23.2. The summed E-state index contributed by atoms with van der Waals surface area (Å²) in [6.07, 6.45) is -4.61. The summed E-state index contributed by atoms with van der Waals surface area (Å²) in [5, 5.41) is 5.90. The van der Waals surface area contributed by atoms with E-state index in [0.717, 1.165) is 16.6 Å². The molecular formula is C22H12Br2ClF3N2O2. The Morgan fingerprint density at radius 1 is 1.03 bits per heavy atom. The van der Waals surface area contributed by atoms with Crippen molar-refractivity contribution in [3.05, 3.63) is 96.4 Å². The standard InChI is InChI=1S/C22H12Br2ClF3N2O2/c23-12-4-5-16(25)15(9-12)19-18-14(21(32)30-19)2-1-3-17(18)29-20(31)10-6-11(22(26,27)28)8-13(24)7-10/h1-9,19H,(H,29,31)(H,30,32). The van der Waals surface area contributed by atoms with Crippen molar-refractivity contribution < 1.29 is 22.8 Å². The highest BCUT2D eigenvalue weighted by Crippen LogP contribution is 2.40. The van der Waals surface area contributed by atoms with Crippen LogP contribution in [0.4, 0.5) is 18.9 Å². The smallest absolute Gasteiger partial charge is 0.341 e. The summed E-state index contributed by atoms with van der Waals surface area (Å²) in [6, 6.07) is 12.3. The van der Waals surface area contributed by atoms with Gasteiger partial charge < -0.3 is 10.6 Å². The lowest BCUT2D eigenvalue weighted by Gasteiger charge is -2.18. The molecule has 0 saturated heterocycles. The van der Waals surface area contributed by atoms with Crippen LogP contribution in [0, 0.1) is 0 Å². The zero-order valence-electron chi connectivity index (χ0n) is 15.9. The molecule has 0 fully saturated rings. The van der Waals surface area contributed by atoms with Gasteiger partial charge in [0.05, 0.1) is 11.6 Å². The summed E-state index contributed by atoms with van der Waals surface area (Å²) in [6.45, 7) is 0. The lowest BCUT2D eigenvalue weighted by molar-refractivity contribution is -0.137. The summed E-state index contributed by atoms with van der Waals surface area (Å²) in [4.78, 5) is 25.4. The number of hydrogen-bond donors (Lipinski definition) is 2. The predicted octanol–water partition coefficient (Wildman–Crippen LogP) is 6.97. The first-order valence-corrected chi connectivity index (χ1v) is 11.1. The topological polar surface area (TPSA) is 58.2 Å². The molecule has 1 aliphatic heterocycles. The first-order valence-electron chi connectivity index (χ1n) is 9.12.